The highest BCUT2D eigenvalue weighted by Gasteiger charge is 2.14. The maximum absolute atomic E-state index is 5.40. The fourth-order valence-electron chi connectivity index (χ4n) is 1.10. The van der Waals surface area contributed by atoms with Gasteiger partial charge in [0.15, 0.2) is 5.11 Å². The number of hydrogen-bond acceptors (Lipinski definition) is 2. The summed E-state index contributed by atoms with van der Waals surface area (Å²) in [4.78, 5) is 0. The van der Waals surface area contributed by atoms with Crippen molar-refractivity contribution in [1.82, 2.24) is 10.6 Å². The van der Waals surface area contributed by atoms with E-state index in [1.54, 1.807) is 0 Å². The van der Waals surface area contributed by atoms with Crippen molar-refractivity contribution in [2.45, 2.75) is 18.9 Å². The van der Waals surface area contributed by atoms with E-state index in [1.807, 2.05) is 7.05 Å². The van der Waals surface area contributed by atoms with Gasteiger partial charge < -0.3 is 15.4 Å². The zero-order valence-electron chi connectivity index (χ0n) is 6.72. The third kappa shape index (κ3) is 3.03. The molecule has 2 N–H and O–H groups in total. The molecule has 1 rings (SSSR count). The standard InChI is InChI=1S/C7H14N2OS/c1-8-7(11)9-5-6-3-2-4-10-6/h6H,2-5H2,1H3,(H2,8,9,11). The Morgan fingerprint density at radius 2 is 2.55 bits per heavy atom. The van der Waals surface area contributed by atoms with E-state index in [9.17, 15) is 0 Å². The fraction of sp³-hybridized carbons (Fsp3) is 0.857. The van der Waals surface area contributed by atoms with E-state index in [1.165, 1.54) is 6.42 Å². The second-order valence-corrected chi connectivity index (χ2v) is 3.00. The van der Waals surface area contributed by atoms with Crippen LogP contribution in [0.3, 0.4) is 0 Å². The van der Waals surface area contributed by atoms with Gasteiger partial charge in [-0.25, -0.2) is 0 Å². The maximum atomic E-state index is 5.40. The van der Waals surface area contributed by atoms with Crippen molar-refractivity contribution in [2.75, 3.05) is 20.2 Å². The molecule has 0 aliphatic carbocycles. The molecule has 0 radical (unpaired) electrons. The van der Waals surface area contributed by atoms with E-state index < -0.39 is 0 Å². The Labute approximate surface area is 72.5 Å². The third-order valence-corrected chi connectivity index (χ3v) is 2.09. The first-order chi connectivity index (χ1) is 5.33. The van der Waals surface area contributed by atoms with Crippen LogP contribution in [0.1, 0.15) is 12.8 Å². The molecule has 1 aliphatic rings. The van der Waals surface area contributed by atoms with Crippen LogP contribution in [0.4, 0.5) is 0 Å². The van der Waals surface area contributed by atoms with E-state index >= 15 is 0 Å². The highest BCUT2D eigenvalue weighted by molar-refractivity contribution is 7.80. The lowest BCUT2D eigenvalue weighted by molar-refractivity contribution is 0.114. The van der Waals surface area contributed by atoms with Crippen LogP contribution in [-0.2, 0) is 4.74 Å². The highest BCUT2D eigenvalue weighted by atomic mass is 32.1. The largest absolute Gasteiger partial charge is 0.376 e. The SMILES string of the molecule is CNC(=S)NCC1CCCO1. The Morgan fingerprint density at radius 3 is 3.09 bits per heavy atom. The Bertz CT molecular complexity index is 134. The Balaban J connectivity index is 2.06. The minimum atomic E-state index is 0.362. The summed E-state index contributed by atoms with van der Waals surface area (Å²) in [6, 6.07) is 0. The molecule has 0 aromatic rings. The number of nitrogens with one attached hydrogen (secondary N) is 2. The second kappa shape index (κ2) is 4.51. The summed E-state index contributed by atoms with van der Waals surface area (Å²) < 4.78 is 5.40. The molecule has 4 heteroatoms. The molecule has 0 saturated carbocycles. The molecule has 1 fully saturated rings. The zero-order valence-corrected chi connectivity index (χ0v) is 7.54. The number of ether oxygens (including phenoxy) is 1. The second-order valence-electron chi connectivity index (χ2n) is 2.60. The molecule has 1 atom stereocenters. The topological polar surface area (TPSA) is 33.3 Å². The van der Waals surface area contributed by atoms with Gasteiger partial charge in [0.25, 0.3) is 0 Å². The summed E-state index contributed by atoms with van der Waals surface area (Å²) in [5.41, 5.74) is 0. The van der Waals surface area contributed by atoms with Crippen LogP contribution in [0.5, 0.6) is 0 Å². The normalized spacial score (nSPS) is 23.2. The summed E-state index contributed by atoms with van der Waals surface area (Å²) in [5, 5.41) is 6.62. The van der Waals surface area contributed by atoms with Gasteiger partial charge in [0, 0.05) is 20.2 Å². The van der Waals surface area contributed by atoms with Crippen LogP contribution in [0.25, 0.3) is 0 Å². The molecule has 0 amide bonds. The molecule has 1 saturated heterocycles. The smallest absolute Gasteiger partial charge is 0.166 e. The average Bonchev–Trinajstić information content (AvgIpc) is 2.52. The van der Waals surface area contributed by atoms with Crippen molar-refractivity contribution in [1.29, 1.82) is 0 Å². The highest BCUT2D eigenvalue weighted by Crippen LogP contribution is 2.10. The lowest BCUT2D eigenvalue weighted by atomic mass is 10.2. The van der Waals surface area contributed by atoms with Gasteiger partial charge in [-0.05, 0) is 25.1 Å². The van der Waals surface area contributed by atoms with Gasteiger partial charge >= 0.3 is 0 Å². The third-order valence-electron chi connectivity index (χ3n) is 1.74. The predicted octanol–water partition coefficient (Wildman–Crippen LogP) is 0.259. The predicted molar refractivity (Wildman–Crippen MR) is 48.6 cm³/mol. The van der Waals surface area contributed by atoms with E-state index in [0.717, 1.165) is 19.6 Å². The molecule has 1 heterocycles. The lowest BCUT2D eigenvalue weighted by Gasteiger charge is -2.11. The van der Waals surface area contributed by atoms with Crippen LogP contribution in [-0.4, -0.2) is 31.4 Å². The summed E-state index contributed by atoms with van der Waals surface area (Å²) in [7, 11) is 1.81. The van der Waals surface area contributed by atoms with Crippen molar-refractivity contribution < 1.29 is 4.74 Å². The van der Waals surface area contributed by atoms with Crippen LogP contribution in [0, 0.1) is 0 Å². The molecule has 64 valence electrons. The van der Waals surface area contributed by atoms with Gasteiger partial charge in [-0.2, -0.15) is 0 Å². The molecular weight excluding hydrogens is 160 g/mol. The fourth-order valence-corrected chi connectivity index (χ4v) is 1.18. The summed E-state index contributed by atoms with van der Waals surface area (Å²) in [6.07, 6.45) is 2.69. The van der Waals surface area contributed by atoms with Gasteiger partial charge in [0.1, 0.15) is 0 Å². The van der Waals surface area contributed by atoms with Crippen molar-refractivity contribution in [3.05, 3.63) is 0 Å². The zero-order chi connectivity index (χ0) is 8.10. The van der Waals surface area contributed by atoms with Gasteiger partial charge in [-0.15, -0.1) is 0 Å². The molecule has 0 spiro atoms. The molecule has 0 bridgehead atoms. The van der Waals surface area contributed by atoms with E-state index in [2.05, 4.69) is 10.6 Å². The molecular formula is C7H14N2OS. The maximum Gasteiger partial charge on any atom is 0.166 e. The Morgan fingerprint density at radius 1 is 1.73 bits per heavy atom. The monoisotopic (exact) mass is 174 g/mol. The average molecular weight is 174 g/mol. The van der Waals surface area contributed by atoms with Crippen molar-refractivity contribution in [3.63, 3.8) is 0 Å². The van der Waals surface area contributed by atoms with Gasteiger partial charge in [0.05, 0.1) is 6.10 Å². The molecule has 1 aliphatic heterocycles. The van der Waals surface area contributed by atoms with Crippen LogP contribution in [0.2, 0.25) is 0 Å². The minimum Gasteiger partial charge on any atom is -0.376 e. The van der Waals surface area contributed by atoms with Gasteiger partial charge in [-0.3, -0.25) is 0 Å². The lowest BCUT2D eigenvalue weighted by Crippen LogP contribution is -2.37. The number of rotatable bonds is 2. The summed E-state index contributed by atoms with van der Waals surface area (Å²) >= 11 is 4.91. The van der Waals surface area contributed by atoms with Gasteiger partial charge in [0.2, 0.25) is 0 Å². The van der Waals surface area contributed by atoms with Crippen LogP contribution < -0.4 is 10.6 Å². The minimum absolute atomic E-state index is 0.362. The molecule has 11 heavy (non-hydrogen) atoms. The first-order valence-electron chi connectivity index (χ1n) is 3.90. The first kappa shape index (κ1) is 8.74. The van der Waals surface area contributed by atoms with Gasteiger partial charge in [-0.1, -0.05) is 0 Å². The summed E-state index contributed by atoms with van der Waals surface area (Å²) in [6.45, 7) is 1.73. The van der Waals surface area contributed by atoms with E-state index in [4.69, 9.17) is 17.0 Å². The van der Waals surface area contributed by atoms with Crippen LogP contribution >= 0.6 is 12.2 Å². The first-order valence-corrected chi connectivity index (χ1v) is 4.31. The molecule has 3 nitrogen and oxygen atoms in total. The number of hydrogen-bond donors (Lipinski definition) is 2. The Hall–Kier alpha value is -0.350. The molecule has 1 unspecified atom stereocenters. The number of thiocarbonyl (C=S) groups is 1. The van der Waals surface area contributed by atoms with Crippen molar-refractivity contribution in [2.24, 2.45) is 0 Å². The molecule has 0 aromatic heterocycles. The summed E-state index contributed by atoms with van der Waals surface area (Å²) in [5.74, 6) is 0. The Kier molecular flexibility index (Phi) is 3.59. The van der Waals surface area contributed by atoms with E-state index in [0.29, 0.717) is 11.2 Å². The van der Waals surface area contributed by atoms with Crippen molar-refractivity contribution in [3.8, 4) is 0 Å². The quantitative estimate of drug-likeness (QED) is 0.588. The molecule has 0 aromatic carbocycles. The van der Waals surface area contributed by atoms with Crippen LogP contribution in [0.15, 0.2) is 0 Å². The van der Waals surface area contributed by atoms with E-state index in [-0.39, 0.29) is 0 Å². The van der Waals surface area contributed by atoms with Crippen molar-refractivity contribution >= 4 is 17.3 Å².